The zero-order valence-corrected chi connectivity index (χ0v) is 14.9. The third-order valence-electron chi connectivity index (χ3n) is 4.63. The molecular formula is C18H26N4O3. The normalized spacial score (nSPS) is 15.4. The molecule has 2 N–H and O–H groups in total. The predicted octanol–water partition coefficient (Wildman–Crippen LogP) is 1.42. The smallest absolute Gasteiger partial charge is 0.255 e. The lowest BCUT2D eigenvalue weighted by molar-refractivity contribution is 0.0934. The predicted molar refractivity (Wildman–Crippen MR) is 96.1 cm³/mol. The number of fused-ring (bicyclic) bond motifs is 1. The Labute approximate surface area is 147 Å². The van der Waals surface area contributed by atoms with Crippen LogP contribution in [0, 0.1) is 5.92 Å². The van der Waals surface area contributed by atoms with Crippen molar-refractivity contribution in [2.24, 2.45) is 5.92 Å². The Balaban J connectivity index is 1.81. The number of carbonyl (C=O) groups is 1. The van der Waals surface area contributed by atoms with E-state index >= 15 is 0 Å². The summed E-state index contributed by atoms with van der Waals surface area (Å²) in [5.74, 6) is 1.05. The summed E-state index contributed by atoms with van der Waals surface area (Å²) in [5.41, 5.74) is 1.37. The van der Waals surface area contributed by atoms with Gasteiger partial charge in [-0.25, -0.2) is 0 Å². The molecule has 1 aromatic carbocycles. The van der Waals surface area contributed by atoms with Crippen molar-refractivity contribution in [3.05, 3.63) is 23.9 Å². The molecule has 7 nitrogen and oxygen atoms in total. The Morgan fingerprint density at radius 1 is 1.36 bits per heavy atom. The Hall–Kier alpha value is -2.12. The Bertz CT molecular complexity index is 722. The van der Waals surface area contributed by atoms with Crippen LogP contribution in [-0.4, -0.2) is 56.1 Å². The van der Waals surface area contributed by atoms with Crippen LogP contribution >= 0.6 is 0 Å². The number of amides is 1. The molecule has 0 bridgehead atoms. The maximum atomic E-state index is 12.4. The minimum atomic E-state index is -0.165. The molecule has 0 aliphatic carbocycles. The maximum absolute atomic E-state index is 12.4. The second kappa shape index (κ2) is 8.31. The van der Waals surface area contributed by atoms with Crippen LogP contribution in [-0.2, 0) is 11.3 Å². The SMILES string of the molecule is COCCNC(=O)c1ccc2nn(CC3CCNCC3)cc2c1OC. The fraction of sp³-hybridized carbons (Fsp3) is 0.556. The molecular weight excluding hydrogens is 320 g/mol. The molecule has 2 heterocycles. The first-order chi connectivity index (χ1) is 12.2. The van der Waals surface area contributed by atoms with Crippen LogP contribution in [0.1, 0.15) is 23.2 Å². The van der Waals surface area contributed by atoms with Gasteiger partial charge in [0.1, 0.15) is 5.75 Å². The van der Waals surface area contributed by atoms with Crippen molar-refractivity contribution in [3.63, 3.8) is 0 Å². The Morgan fingerprint density at radius 3 is 2.88 bits per heavy atom. The number of nitrogens with one attached hydrogen (secondary N) is 2. The van der Waals surface area contributed by atoms with E-state index in [1.807, 2.05) is 16.9 Å². The van der Waals surface area contributed by atoms with Crippen molar-refractivity contribution in [1.29, 1.82) is 0 Å². The molecule has 2 aromatic rings. The number of rotatable bonds is 7. The average Bonchev–Trinajstić information content (AvgIpc) is 3.04. The second-order valence-corrected chi connectivity index (χ2v) is 6.37. The van der Waals surface area contributed by atoms with E-state index < -0.39 is 0 Å². The van der Waals surface area contributed by atoms with Gasteiger partial charge in [-0.1, -0.05) is 0 Å². The van der Waals surface area contributed by atoms with E-state index in [-0.39, 0.29) is 5.91 Å². The first-order valence-electron chi connectivity index (χ1n) is 8.75. The van der Waals surface area contributed by atoms with E-state index in [1.54, 1.807) is 20.3 Å². The number of aromatic nitrogens is 2. The molecule has 1 fully saturated rings. The summed E-state index contributed by atoms with van der Waals surface area (Å²) in [7, 11) is 3.19. The van der Waals surface area contributed by atoms with E-state index in [9.17, 15) is 4.79 Å². The van der Waals surface area contributed by atoms with E-state index in [0.29, 0.717) is 30.4 Å². The molecule has 7 heteroatoms. The third kappa shape index (κ3) is 4.11. The monoisotopic (exact) mass is 346 g/mol. The summed E-state index contributed by atoms with van der Waals surface area (Å²) >= 11 is 0. The van der Waals surface area contributed by atoms with Gasteiger partial charge in [-0.2, -0.15) is 5.10 Å². The minimum Gasteiger partial charge on any atom is -0.495 e. The number of ether oxygens (including phenoxy) is 2. The fourth-order valence-electron chi connectivity index (χ4n) is 3.30. The molecule has 1 aliphatic heterocycles. The van der Waals surface area contributed by atoms with E-state index in [2.05, 4.69) is 15.7 Å². The molecule has 136 valence electrons. The standard InChI is InChI=1S/C18H26N4O3/c1-24-10-9-20-18(23)14-3-4-16-15(17(14)25-2)12-22(21-16)11-13-5-7-19-8-6-13/h3-4,12-13,19H,5-11H2,1-2H3,(H,20,23). The van der Waals surface area contributed by atoms with Gasteiger partial charge in [0, 0.05) is 26.4 Å². The summed E-state index contributed by atoms with van der Waals surface area (Å²) < 4.78 is 12.5. The van der Waals surface area contributed by atoms with Crippen LogP contribution in [0.3, 0.4) is 0 Å². The highest BCUT2D eigenvalue weighted by Crippen LogP contribution is 2.29. The molecule has 1 amide bonds. The van der Waals surface area contributed by atoms with Gasteiger partial charge < -0.3 is 20.1 Å². The van der Waals surface area contributed by atoms with Crippen molar-refractivity contribution >= 4 is 16.8 Å². The van der Waals surface area contributed by atoms with Crippen LogP contribution in [0.2, 0.25) is 0 Å². The van der Waals surface area contributed by atoms with Crippen molar-refractivity contribution in [1.82, 2.24) is 20.4 Å². The molecule has 1 saturated heterocycles. The lowest BCUT2D eigenvalue weighted by Crippen LogP contribution is -2.29. The third-order valence-corrected chi connectivity index (χ3v) is 4.63. The topological polar surface area (TPSA) is 77.4 Å². The van der Waals surface area contributed by atoms with Gasteiger partial charge in [-0.3, -0.25) is 9.48 Å². The van der Waals surface area contributed by atoms with E-state index in [4.69, 9.17) is 9.47 Å². The zero-order chi connectivity index (χ0) is 17.6. The van der Waals surface area contributed by atoms with Gasteiger partial charge in [0.15, 0.2) is 0 Å². The molecule has 0 atom stereocenters. The van der Waals surface area contributed by atoms with Crippen LogP contribution in [0.15, 0.2) is 18.3 Å². The van der Waals surface area contributed by atoms with Crippen LogP contribution in [0.25, 0.3) is 10.9 Å². The van der Waals surface area contributed by atoms with Gasteiger partial charge >= 0.3 is 0 Å². The quantitative estimate of drug-likeness (QED) is 0.742. The van der Waals surface area contributed by atoms with Crippen LogP contribution < -0.4 is 15.4 Å². The zero-order valence-electron chi connectivity index (χ0n) is 14.9. The summed E-state index contributed by atoms with van der Waals surface area (Å²) in [6, 6.07) is 3.65. The number of piperidine rings is 1. The first kappa shape index (κ1) is 17.7. The number of hydrogen-bond acceptors (Lipinski definition) is 5. The highest BCUT2D eigenvalue weighted by Gasteiger charge is 2.19. The largest absolute Gasteiger partial charge is 0.495 e. The average molecular weight is 346 g/mol. The molecule has 0 unspecified atom stereocenters. The van der Waals surface area contributed by atoms with E-state index in [1.165, 1.54) is 12.8 Å². The van der Waals surface area contributed by atoms with Gasteiger partial charge in [-0.05, 0) is 44.0 Å². The first-order valence-corrected chi connectivity index (χ1v) is 8.75. The number of benzene rings is 1. The molecule has 1 aliphatic rings. The molecule has 1 aromatic heterocycles. The highest BCUT2D eigenvalue weighted by atomic mass is 16.5. The highest BCUT2D eigenvalue weighted by molar-refractivity contribution is 6.03. The van der Waals surface area contributed by atoms with E-state index in [0.717, 1.165) is 30.5 Å². The lowest BCUT2D eigenvalue weighted by Gasteiger charge is -2.22. The number of nitrogens with zero attached hydrogens (tertiary/aromatic N) is 2. The van der Waals surface area contributed by atoms with Crippen molar-refractivity contribution in [3.8, 4) is 5.75 Å². The number of hydrogen-bond donors (Lipinski definition) is 2. The minimum absolute atomic E-state index is 0.165. The van der Waals surface area contributed by atoms with Gasteiger partial charge in [0.25, 0.3) is 5.91 Å². The van der Waals surface area contributed by atoms with Gasteiger partial charge in [-0.15, -0.1) is 0 Å². The maximum Gasteiger partial charge on any atom is 0.255 e. The molecule has 0 saturated carbocycles. The molecule has 0 radical (unpaired) electrons. The summed E-state index contributed by atoms with van der Waals surface area (Å²) in [5, 5.41) is 11.7. The molecule has 0 spiro atoms. The Morgan fingerprint density at radius 2 is 2.16 bits per heavy atom. The van der Waals surface area contributed by atoms with Crippen molar-refractivity contribution in [2.75, 3.05) is 40.5 Å². The summed E-state index contributed by atoms with van der Waals surface area (Å²) in [6.07, 6.45) is 4.32. The molecule has 3 rings (SSSR count). The number of methoxy groups -OCH3 is 2. The second-order valence-electron chi connectivity index (χ2n) is 6.37. The van der Waals surface area contributed by atoms with Crippen molar-refractivity contribution in [2.45, 2.75) is 19.4 Å². The van der Waals surface area contributed by atoms with Crippen LogP contribution in [0.4, 0.5) is 0 Å². The summed E-state index contributed by atoms with van der Waals surface area (Å²) in [4.78, 5) is 12.4. The Kier molecular flexibility index (Phi) is 5.88. The van der Waals surface area contributed by atoms with Crippen molar-refractivity contribution < 1.29 is 14.3 Å². The van der Waals surface area contributed by atoms with Crippen LogP contribution in [0.5, 0.6) is 5.75 Å². The van der Waals surface area contributed by atoms with Gasteiger partial charge in [0.2, 0.25) is 0 Å². The fourth-order valence-corrected chi connectivity index (χ4v) is 3.30. The lowest BCUT2D eigenvalue weighted by atomic mass is 9.98. The van der Waals surface area contributed by atoms with Gasteiger partial charge in [0.05, 0.1) is 30.2 Å². The summed E-state index contributed by atoms with van der Waals surface area (Å²) in [6.45, 7) is 3.98. The number of carbonyl (C=O) groups excluding carboxylic acids is 1. The molecule has 25 heavy (non-hydrogen) atoms.